The summed E-state index contributed by atoms with van der Waals surface area (Å²) in [5.41, 5.74) is 1.70. The molecule has 0 radical (unpaired) electrons. The third-order valence-corrected chi connectivity index (χ3v) is 6.77. The lowest BCUT2D eigenvalue weighted by atomic mass is 10.1. The summed E-state index contributed by atoms with van der Waals surface area (Å²) in [6.07, 6.45) is 0. The van der Waals surface area contributed by atoms with Crippen LogP contribution in [0.15, 0.2) is 44.3 Å². The van der Waals surface area contributed by atoms with Crippen LogP contribution in [0.25, 0.3) is 10.9 Å². The molecule has 0 spiro atoms. The largest absolute Gasteiger partial charge is 0.505 e. The van der Waals surface area contributed by atoms with Gasteiger partial charge >= 0.3 is 0 Å². The highest BCUT2D eigenvalue weighted by molar-refractivity contribution is 9.13. The highest BCUT2D eigenvalue weighted by Gasteiger charge is 2.32. The van der Waals surface area contributed by atoms with E-state index in [4.69, 9.17) is 23.4 Å². The van der Waals surface area contributed by atoms with Gasteiger partial charge in [-0.3, -0.25) is 4.79 Å². The van der Waals surface area contributed by atoms with Crippen LogP contribution in [0.1, 0.15) is 16.1 Å². The number of aromatic nitrogens is 1. The molecule has 1 aliphatic rings. The Hall–Kier alpha value is -1.34. The van der Waals surface area contributed by atoms with E-state index in [1.807, 2.05) is 0 Å². The molecule has 8 heteroatoms. The van der Waals surface area contributed by atoms with Gasteiger partial charge in [-0.1, -0.05) is 23.7 Å². The summed E-state index contributed by atoms with van der Waals surface area (Å²) < 4.78 is 2.47. The van der Waals surface area contributed by atoms with Gasteiger partial charge in [-0.05, 0) is 50.1 Å². The van der Waals surface area contributed by atoms with Gasteiger partial charge in [-0.15, -0.1) is 0 Å². The molecule has 0 fully saturated rings. The Morgan fingerprint density at radius 3 is 2.62 bits per heavy atom. The van der Waals surface area contributed by atoms with E-state index in [1.165, 1.54) is 4.09 Å². The van der Waals surface area contributed by atoms with Crippen LogP contribution < -0.4 is 0 Å². The highest BCUT2D eigenvalue weighted by atomic mass is 79.9. The number of halogens is 4. The summed E-state index contributed by atoms with van der Waals surface area (Å²) in [5.74, 6) is -0.474. The number of hydrogen-bond donors (Lipinski definition) is 1. The monoisotopic (exact) mass is 486 g/mol. The van der Waals surface area contributed by atoms with E-state index in [0.717, 1.165) is 0 Å². The van der Waals surface area contributed by atoms with Crippen LogP contribution >= 0.6 is 55.2 Å². The van der Waals surface area contributed by atoms with Gasteiger partial charge in [0.2, 0.25) is 5.78 Å². The van der Waals surface area contributed by atoms with Crippen molar-refractivity contribution in [1.29, 1.82) is 0 Å². The lowest BCUT2D eigenvalue weighted by Gasteiger charge is -2.02. The minimum Gasteiger partial charge on any atom is -0.505 e. The highest BCUT2D eigenvalue weighted by Crippen LogP contribution is 2.45. The molecular weight excluding hydrogens is 483 g/mol. The molecule has 0 unspecified atom stereocenters. The first kappa shape index (κ1) is 16.1. The van der Waals surface area contributed by atoms with E-state index in [1.54, 1.807) is 30.3 Å². The third kappa shape index (κ3) is 2.10. The molecule has 4 nitrogen and oxygen atoms in total. The second kappa shape index (κ2) is 5.59. The van der Waals surface area contributed by atoms with Gasteiger partial charge in [0.1, 0.15) is 11.4 Å². The number of Topliss-reactive ketones (excluding diaryl/α,β-unsaturated/α-hetero) is 1. The van der Waals surface area contributed by atoms with E-state index in [-0.39, 0.29) is 22.9 Å². The molecule has 1 aromatic heterocycles. The van der Waals surface area contributed by atoms with Crippen molar-refractivity contribution in [2.75, 3.05) is 0 Å². The smallest absolute Gasteiger partial charge is 0.215 e. The van der Waals surface area contributed by atoms with Crippen molar-refractivity contribution in [3.8, 4) is 5.75 Å². The van der Waals surface area contributed by atoms with E-state index < -0.39 is 0 Å². The summed E-state index contributed by atoms with van der Waals surface area (Å²) in [5, 5.41) is 11.3. The third-order valence-electron chi connectivity index (χ3n) is 3.83. The summed E-state index contributed by atoms with van der Waals surface area (Å²) >= 11 is 19.4. The zero-order valence-electron chi connectivity index (χ0n) is 11.6. The number of aromatic hydroxyl groups is 1. The lowest BCUT2D eigenvalue weighted by molar-refractivity contribution is 0.106. The SMILES string of the molecule is O=C1C(c2c(O)c3c(Cl)c(Br)c(Br)cc3n2Cl)=Nc2ccccc21. The van der Waals surface area contributed by atoms with Gasteiger partial charge in [-0.25, -0.2) is 9.08 Å². The number of para-hydroxylation sites is 1. The van der Waals surface area contributed by atoms with Crippen LogP contribution in [0.2, 0.25) is 5.02 Å². The first-order chi connectivity index (χ1) is 11.4. The number of benzene rings is 2. The summed E-state index contributed by atoms with van der Waals surface area (Å²) in [7, 11) is 0. The molecule has 2 aromatic carbocycles. The maximum absolute atomic E-state index is 12.6. The first-order valence-corrected chi connectivity index (χ1v) is 9.01. The van der Waals surface area contributed by atoms with Crippen molar-refractivity contribution in [2.45, 2.75) is 0 Å². The zero-order valence-corrected chi connectivity index (χ0v) is 16.3. The zero-order chi connectivity index (χ0) is 17.2. The van der Waals surface area contributed by atoms with Gasteiger partial charge in [0, 0.05) is 21.8 Å². The Labute approximate surface area is 163 Å². The number of aliphatic imine (C=N–C) groups is 1. The number of carbonyl (C=O) groups excluding carboxylic acids is 1. The van der Waals surface area contributed by atoms with Gasteiger partial charge in [0.15, 0.2) is 5.75 Å². The van der Waals surface area contributed by atoms with Crippen LogP contribution in [0.4, 0.5) is 5.69 Å². The predicted molar refractivity (Wildman–Crippen MR) is 102 cm³/mol. The molecule has 3 aromatic rings. The molecule has 24 heavy (non-hydrogen) atoms. The standard InChI is InChI=1S/C16H6Br2Cl2N2O2/c17-7-5-9-10(12(19)11(7)18)16(24)14(22(9)20)13-15(23)6-3-1-2-4-8(6)21-13/h1-5,24H. The molecule has 0 saturated carbocycles. The maximum atomic E-state index is 12.6. The fourth-order valence-electron chi connectivity index (χ4n) is 2.72. The molecule has 0 bridgehead atoms. The minimum absolute atomic E-state index is 0.0863. The van der Waals surface area contributed by atoms with E-state index in [2.05, 4.69) is 36.9 Å². The molecule has 2 heterocycles. The molecule has 0 amide bonds. The molecular formula is C16H6Br2Cl2N2O2. The number of rotatable bonds is 1. The van der Waals surface area contributed by atoms with E-state index in [0.29, 0.717) is 36.1 Å². The molecule has 0 aliphatic carbocycles. The molecule has 0 saturated heterocycles. The average Bonchev–Trinajstić information content (AvgIpc) is 3.01. The molecule has 120 valence electrons. The fourth-order valence-corrected chi connectivity index (χ4v) is 4.15. The van der Waals surface area contributed by atoms with Crippen molar-refractivity contribution >= 4 is 83.3 Å². The average molecular weight is 489 g/mol. The van der Waals surface area contributed by atoms with Crippen molar-refractivity contribution in [3.63, 3.8) is 0 Å². The minimum atomic E-state index is -0.292. The van der Waals surface area contributed by atoms with E-state index >= 15 is 0 Å². The Morgan fingerprint density at radius 1 is 1.21 bits per heavy atom. The predicted octanol–water partition coefficient (Wildman–Crippen LogP) is 5.84. The van der Waals surface area contributed by atoms with Crippen molar-refractivity contribution in [2.24, 2.45) is 4.99 Å². The first-order valence-electron chi connectivity index (χ1n) is 6.71. The van der Waals surface area contributed by atoms with Crippen molar-refractivity contribution < 1.29 is 9.90 Å². The molecule has 0 atom stereocenters. The number of fused-ring (bicyclic) bond motifs is 2. The lowest BCUT2D eigenvalue weighted by Crippen LogP contribution is -2.13. The second-order valence-electron chi connectivity index (χ2n) is 5.17. The Morgan fingerprint density at radius 2 is 1.92 bits per heavy atom. The van der Waals surface area contributed by atoms with E-state index in [9.17, 15) is 9.90 Å². The summed E-state index contributed by atoms with van der Waals surface area (Å²) in [6, 6.07) is 8.68. The number of nitrogens with zero attached hydrogens (tertiary/aromatic N) is 2. The van der Waals surface area contributed by atoms with Gasteiger partial charge in [-0.2, -0.15) is 0 Å². The fraction of sp³-hybridized carbons (Fsp3) is 0. The Bertz CT molecular complexity index is 1090. The molecule has 1 N–H and O–H groups in total. The normalized spacial score (nSPS) is 13.5. The van der Waals surface area contributed by atoms with Crippen LogP contribution in [-0.4, -0.2) is 20.7 Å². The van der Waals surface area contributed by atoms with Gasteiger partial charge < -0.3 is 5.11 Å². The summed E-state index contributed by atoms with van der Waals surface area (Å²) in [4.78, 5) is 17.0. The number of carbonyl (C=O) groups is 1. The second-order valence-corrected chi connectivity index (χ2v) is 7.53. The molecule has 4 rings (SSSR count). The number of ketones is 1. The number of hydrogen-bond acceptors (Lipinski definition) is 3. The van der Waals surface area contributed by atoms with Crippen molar-refractivity contribution in [1.82, 2.24) is 4.09 Å². The Balaban J connectivity index is 2.04. The van der Waals surface area contributed by atoms with Crippen LogP contribution in [0.5, 0.6) is 5.75 Å². The van der Waals surface area contributed by atoms with Gasteiger partial charge in [0.05, 0.1) is 26.1 Å². The van der Waals surface area contributed by atoms with Crippen molar-refractivity contribution in [3.05, 3.63) is 55.6 Å². The molecule has 1 aliphatic heterocycles. The van der Waals surface area contributed by atoms with Crippen LogP contribution in [0, 0.1) is 0 Å². The summed E-state index contributed by atoms with van der Waals surface area (Å²) in [6.45, 7) is 0. The quantitative estimate of drug-likeness (QED) is 0.437. The Kier molecular flexibility index (Phi) is 3.76. The topological polar surface area (TPSA) is 54.6 Å². The van der Waals surface area contributed by atoms with Crippen LogP contribution in [-0.2, 0) is 0 Å². The van der Waals surface area contributed by atoms with Crippen LogP contribution in [0.3, 0.4) is 0 Å². The maximum Gasteiger partial charge on any atom is 0.215 e. The van der Waals surface area contributed by atoms with Gasteiger partial charge in [0.25, 0.3) is 0 Å².